The van der Waals surface area contributed by atoms with Crippen molar-refractivity contribution in [3.05, 3.63) is 35.1 Å². The van der Waals surface area contributed by atoms with Crippen molar-refractivity contribution < 1.29 is 9.18 Å². The van der Waals surface area contributed by atoms with E-state index in [2.05, 4.69) is 21.2 Å². The third-order valence-corrected chi connectivity index (χ3v) is 5.04. The van der Waals surface area contributed by atoms with Gasteiger partial charge in [0.2, 0.25) is 0 Å². The minimum Gasteiger partial charge on any atom is -0.352 e. The van der Waals surface area contributed by atoms with E-state index < -0.39 is 0 Å². The molecule has 0 bridgehead atoms. The molecule has 0 aromatic heterocycles. The van der Waals surface area contributed by atoms with Gasteiger partial charge in [-0.1, -0.05) is 28.8 Å². The van der Waals surface area contributed by atoms with Crippen molar-refractivity contribution in [2.24, 2.45) is 11.8 Å². The van der Waals surface area contributed by atoms with E-state index in [0.29, 0.717) is 29.5 Å². The van der Waals surface area contributed by atoms with Gasteiger partial charge in [0.05, 0.1) is 0 Å². The fourth-order valence-corrected chi connectivity index (χ4v) is 3.72. The van der Waals surface area contributed by atoms with E-state index in [1.165, 1.54) is 31.7 Å². The summed E-state index contributed by atoms with van der Waals surface area (Å²) in [5.41, 5.74) is 1.05. The standard InChI is InChI=1S/C16H21BrFNO/c1-11-8-12(6-7-15(11)18)16(20)19-10-14-5-3-2-4-13(14)9-17/h6-8,13-14H,2-5,9-10H2,1H3,(H,19,20). The molecule has 1 aliphatic rings. The minimum atomic E-state index is -0.270. The minimum absolute atomic E-state index is 0.105. The summed E-state index contributed by atoms with van der Waals surface area (Å²) >= 11 is 3.57. The highest BCUT2D eigenvalue weighted by atomic mass is 79.9. The van der Waals surface area contributed by atoms with Crippen molar-refractivity contribution in [1.82, 2.24) is 5.32 Å². The fraction of sp³-hybridized carbons (Fsp3) is 0.562. The van der Waals surface area contributed by atoms with Gasteiger partial charge in [-0.2, -0.15) is 0 Å². The molecule has 0 aliphatic heterocycles. The Hall–Kier alpha value is -0.900. The summed E-state index contributed by atoms with van der Waals surface area (Å²) in [4.78, 5) is 12.1. The molecule has 1 amide bonds. The zero-order chi connectivity index (χ0) is 14.5. The molecule has 110 valence electrons. The Morgan fingerprint density at radius 2 is 2.05 bits per heavy atom. The number of benzene rings is 1. The number of carbonyl (C=O) groups excluding carboxylic acids is 1. The van der Waals surface area contributed by atoms with E-state index in [9.17, 15) is 9.18 Å². The van der Waals surface area contributed by atoms with Gasteiger partial charge in [0.1, 0.15) is 5.82 Å². The van der Waals surface area contributed by atoms with Crippen LogP contribution in [0.25, 0.3) is 0 Å². The highest BCUT2D eigenvalue weighted by molar-refractivity contribution is 9.09. The van der Waals surface area contributed by atoms with Crippen LogP contribution in [-0.2, 0) is 0 Å². The number of hydrogen-bond donors (Lipinski definition) is 1. The van der Waals surface area contributed by atoms with Gasteiger partial charge in [-0.05, 0) is 55.4 Å². The predicted molar refractivity (Wildman–Crippen MR) is 82.7 cm³/mol. The molecule has 0 heterocycles. The smallest absolute Gasteiger partial charge is 0.251 e. The molecule has 0 spiro atoms. The third kappa shape index (κ3) is 3.81. The lowest BCUT2D eigenvalue weighted by molar-refractivity contribution is 0.0937. The fourth-order valence-electron chi connectivity index (χ4n) is 2.87. The van der Waals surface area contributed by atoms with Gasteiger partial charge in [0.15, 0.2) is 0 Å². The maximum absolute atomic E-state index is 13.2. The first-order valence-corrected chi connectivity index (χ1v) is 8.34. The van der Waals surface area contributed by atoms with Gasteiger partial charge >= 0.3 is 0 Å². The monoisotopic (exact) mass is 341 g/mol. The van der Waals surface area contributed by atoms with Crippen LogP contribution in [0.2, 0.25) is 0 Å². The van der Waals surface area contributed by atoms with Crippen LogP contribution in [-0.4, -0.2) is 17.8 Å². The zero-order valence-electron chi connectivity index (χ0n) is 11.8. The Morgan fingerprint density at radius 3 is 2.70 bits per heavy atom. The van der Waals surface area contributed by atoms with Crippen molar-refractivity contribution in [3.8, 4) is 0 Å². The molecule has 2 atom stereocenters. The topological polar surface area (TPSA) is 29.1 Å². The van der Waals surface area contributed by atoms with Crippen molar-refractivity contribution in [1.29, 1.82) is 0 Å². The second-order valence-corrected chi connectivity index (χ2v) is 6.28. The summed E-state index contributed by atoms with van der Waals surface area (Å²) in [5.74, 6) is 0.827. The molecular weight excluding hydrogens is 321 g/mol. The first-order valence-electron chi connectivity index (χ1n) is 7.22. The van der Waals surface area contributed by atoms with Gasteiger partial charge in [-0.25, -0.2) is 4.39 Å². The van der Waals surface area contributed by atoms with E-state index in [1.807, 2.05) is 0 Å². The lowest BCUT2D eigenvalue weighted by Crippen LogP contribution is -2.34. The highest BCUT2D eigenvalue weighted by Gasteiger charge is 2.24. The Labute approximate surface area is 128 Å². The summed E-state index contributed by atoms with van der Waals surface area (Å²) < 4.78 is 13.2. The van der Waals surface area contributed by atoms with Gasteiger partial charge in [-0.3, -0.25) is 4.79 Å². The molecule has 20 heavy (non-hydrogen) atoms. The molecule has 1 aromatic carbocycles. The largest absolute Gasteiger partial charge is 0.352 e. The molecule has 2 nitrogen and oxygen atoms in total. The number of alkyl halides is 1. The molecular formula is C16H21BrFNO. The molecule has 1 N–H and O–H groups in total. The van der Waals surface area contributed by atoms with Crippen molar-refractivity contribution in [2.75, 3.05) is 11.9 Å². The number of nitrogens with one attached hydrogen (secondary N) is 1. The van der Waals surface area contributed by atoms with Crippen LogP contribution >= 0.6 is 15.9 Å². The number of aryl methyl sites for hydroxylation is 1. The van der Waals surface area contributed by atoms with Crippen LogP contribution in [0.3, 0.4) is 0 Å². The SMILES string of the molecule is Cc1cc(C(=O)NCC2CCCCC2CBr)ccc1F. The normalized spacial score (nSPS) is 22.6. The molecule has 0 saturated heterocycles. The predicted octanol–water partition coefficient (Wildman–Crippen LogP) is 4.07. The first-order chi connectivity index (χ1) is 9.61. The molecule has 2 unspecified atom stereocenters. The molecule has 1 aromatic rings. The van der Waals surface area contributed by atoms with Gasteiger partial charge in [0, 0.05) is 17.4 Å². The zero-order valence-corrected chi connectivity index (χ0v) is 13.4. The van der Waals surface area contributed by atoms with Crippen molar-refractivity contribution in [3.63, 3.8) is 0 Å². The van der Waals surface area contributed by atoms with Crippen LogP contribution in [0.1, 0.15) is 41.6 Å². The van der Waals surface area contributed by atoms with Crippen molar-refractivity contribution >= 4 is 21.8 Å². The van der Waals surface area contributed by atoms with Crippen LogP contribution in [0, 0.1) is 24.6 Å². The maximum Gasteiger partial charge on any atom is 0.251 e. The summed E-state index contributed by atoms with van der Waals surface area (Å²) in [5, 5.41) is 4.00. The number of hydrogen-bond acceptors (Lipinski definition) is 1. The van der Waals surface area contributed by atoms with Crippen LogP contribution in [0.15, 0.2) is 18.2 Å². The second kappa shape index (κ2) is 7.21. The Balaban J connectivity index is 1.92. The van der Waals surface area contributed by atoms with Crippen LogP contribution in [0.4, 0.5) is 4.39 Å². The van der Waals surface area contributed by atoms with Gasteiger partial charge in [-0.15, -0.1) is 0 Å². The molecule has 1 saturated carbocycles. The third-order valence-electron chi connectivity index (χ3n) is 4.21. The van der Waals surface area contributed by atoms with Gasteiger partial charge < -0.3 is 5.32 Å². The molecule has 4 heteroatoms. The number of halogens is 2. The van der Waals surface area contributed by atoms with E-state index in [0.717, 1.165) is 5.33 Å². The molecule has 0 radical (unpaired) electrons. The van der Waals surface area contributed by atoms with Gasteiger partial charge in [0.25, 0.3) is 5.91 Å². The second-order valence-electron chi connectivity index (χ2n) is 5.63. The number of carbonyl (C=O) groups is 1. The summed E-state index contributed by atoms with van der Waals surface area (Å²) in [6.45, 7) is 2.39. The maximum atomic E-state index is 13.2. The van der Waals surface area contributed by atoms with E-state index in [-0.39, 0.29) is 11.7 Å². The Kier molecular flexibility index (Phi) is 5.58. The summed E-state index contributed by atoms with van der Waals surface area (Å²) in [6, 6.07) is 4.50. The molecule has 1 aliphatic carbocycles. The van der Waals surface area contributed by atoms with E-state index in [1.54, 1.807) is 19.1 Å². The Bertz CT molecular complexity index is 478. The first kappa shape index (κ1) is 15.5. The number of amides is 1. The lowest BCUT2D eigenvalue weighted by Gasteiger charge is -2.30. The number of rotatable bonds is 4. The average molecular weight is 342 g/mol. The quantitative estimate of drug-likeness (QED) is 0.822. The van der Waals surface area contributed by atoms with E-state index >= 15 is 0 Å². The summed E-state index contributed by atoms with van der Waals surface area (Å²) in [7, 11) is 0. The van der Waals surface area contributed by atoms with Crippen LogP contribution in [0.5, 0.6) is 0 Å². The van der Waals surface area contributed by atoms with Crippen LogP contribution < -0.4 is 5.32 Å². The highest BCUT2D eigenvalue weighted by Crippen LogP contribution is 2.30. The van der Waals surface area contributed by atoms with E-state index in [4.69, 9.17) is 0 Å². The lowest BCUT2D eigenvalue weighted by atomic mass is 9.80. The van der Waals surface area contributed by atoms with Crippen molar-refractivity contribution in [2.45, 2.75) is 32.6 Å². The summed E-state index contributed by atoms with van der Waals surface area (Å²) in [6.07, 6.45) is 4.96. The molecule has 2 rings (SSSR count). The average Bonchev–Trinajstić information content (AvgIpc) is 2.47. The Morgan fingerprint density at radius 1 is 1.35 bits per heavy atom. The molecule has 1 fully saturated rings.